The minimum absolute atomic E-state index is 0.449. The van der Waals surface area contributed by atoms with Gasteiger partial charge in [-0.2, -0.15) is 4.57 Å². The van der Waals surface area contributed by atoms with Gasteiger partial charge in [0.1, 0.15) is 24.6 Å². The van der Waals surface area contributed by atoms with E-state index in [9.17, 15) is 0 Å². The molecule has 3 aromatic rings. The second kappa shape index (κ2) is 7.43. The number of benzene rings is 2. The summed E-state index contributed by atoms with van der Waals surface area (Å²) in [5.41, 5.74) is 9.73. The summed E-state index contributed by atoms with van der Waals surface area (Å²) in [7, 11) is 0. The molecule has 2 aromatic carbocycles. The molecule has 5 rings (SSSR count). The van der Waals surface area contributed by atoms with Crippen molar-refractivity contribution in [2.45, 2.75) is 58.9 Å². The van der Waals surface area contributed by atoms with Crippen LogP contribution in [0.2, 0.25) is 0 Å². The Labute approximate surface area is 180 Å². The summed E-state index contributed by atoms with van der Waals surface area (Å²) < 4.78 is 4.84. The van der Waals surface area contributed by atoms with Crippen LogP contribution in [0.5, 0.6) is 0 Å². The van der Waals surface area contributed by atoms with Crippen LogP contribution >= 0.6 is 0 Å². The molecule has 1 aromatic heterocycles. The van der Waals surface area contributed by atoms with E-state index < -0.39 is 0 Å². The SMILES string of the molecule is CC(C)c1cc(C2=CCCC=C2)cc(C(C)C)c1-n1cc[n+]2c1-c1ccccc1C2. The Morgan fingerprint density at radius 2 is 1.67 bits per heavy atom. The van der Waals surface area contributed by atoms with Gasteiger partial charge in [-0.15, -0.1) is 0 Å². The molecule has 0 saturated carbocycles. The van der Waals surface area contributed by atoms with Crippen molar-refractivity contribution in [3.8, 4) is 17.1 Å². The third-order valence-electron chi connectivity index (χ3n) is 6.48. The van der Waals surface area contributed by atoms with Crippen molar-refractivity contribution in [2.24, 2.45) is 0 Å². The molecule has 30 heavy (non-hydrogen) atoms. The summed E-state index contributed by atoms with van der Waals surface area (Å²) in [5, 5.41) is 0. The first-order valence-corrected chi connectivity index (χ1v) is 11.3. The van der Waals surface area contributed by atoms with E-state index in [1.807, 2.05) is 0 Å². The van der Waals surface area contributed by atoms with Crippen molar-refractivity contribution in [3.63, 3.8) is 0 Å². The normalized spacial score (nSPS) is 14.9. The van der Waals surface area contributed by atoms with E-state index in [1.54, 1.807) is 0 Å². The van der Waals surface area contributed by atoms with Crippen molar-refractivity contribution >= 4 is 5.57 Å². The molecule has 2 heteroatoms. The molecule has 1 aliphatic carbocycles. The summed E-state index contributed by atoms with van der Waals surface area (Å²) in [6.45, 7) is 10.2. The number of hydrogen-bond donors (Lipinski definition) is 0. The predicted molar refractivity (Wildman–Crippen MR) is 125 cm³/mol. The smallest absolute Gasteiger partial charge is 0.225 e. The van der Waals surface area contributed by atoms with E-state index in [2.05, 4.69) is 104 Å². The van der Waals surface area contributed by atoms with E-state index in [0.29, 0.717) is 11.8 Å². The van der Waals surface area contributed by atoms with Gasteiger partial charge in [0, 0.05) is 16.7 Å². The fraction of sp³-hybridized carbons (Fsp3) is 0.321. The number of hydrogen-bond acceptors (Lipinski definition) is 0. The Morgan fingerprint density at radius 1 is 0.933 bits per heavy atom. The highest BCUT2D eigenvalue weighted by atomic mass is 15.2. The number of imidazole rings is 1. The van der Waals surface area contributed by atoms with Gasteiger partial charge >= 0.3 is 0 Å². The van der Waals surface area contributed by atoms with Crippen LogP contribution in [0, 0.1) is 0 Å². The first-order valence-electron chi connectivity index (χ1n) is 11.3. The molecule has 2 heterocycles. The van der Waals surface area contributed by atoms with Crippen molar-refractivity contribution in [1.82, 2.24) is 4.57 Å². The van der Waals surface area contributed by atoms with Gasteiger partial charge in [-0.05, 0) is 54.0 Å². The highest BCUT2D eigenvalue weighted by molar-refractivity contribution is 5.77. The first kappa shape index (κ1) is 19.1. The summed E-state index contributed by atoms with van der Waals surface area (Å²) in [4.78, 5) is 0. The molecule has 152 valence electrons. The van der Waals surface area contributed by atoms with Crippen LogP contribution in [0.1, 0.15) is 74.6 Å². The lowest BCUT2D eigenvalue weighted by atomic mass is 9.87. The lowest BCUT2D eigenvalue weighted by Crippen LogP contribution is -2.30. The molecule has 0 atom stereocenters. The Bertz CT molecular complexity index is 1140. The molecule has 0 bridgehead atoms. The van der Waals surface area contributed by atoms with E-state index >= 15 is 0 Å². The highest BCUT2D eigenvalue weighted by Crippen LogP contribution is 2.38. The van der Waals surface area contributed by atoms with Crippen molar-refractivity contribution in [1.29, 1.82) is 0 Å². The quantitative estimate of drug-likeness (QED) is 0.337. The topological polar surface area (TPSA) is 8.81 Å². The molecule has 0 saturated heterocycles. The molecule has 1 aliphatic heterocycles. The zero-order valence-corrected chi connectivity index (χ0v) is 18.5. The van der Waals surface area contributed by atoms with Crippen molar-refractivity contribution in [2.75, 3.05) is 0 Å². The van der Waals surface area contributed by atoms with Crippen LogP contribution in [-0.2, 0) is 6.54 Å². The molecular weight excluding hydrogens is 364 g/mol. The van der Waals surface area contributed by atoms with E-state index in [4.69, 9.17) is 0 Å². The number of allylic oxidation sites excluding steroid dienone is 4. The minimum atomic E-state index is 0.449. The second-order valence-corrected chi connectivity index (χ2v) is 9.23. The zero-order valence-electron chi connectivity index (χ0n) is 18.5. The summed E-state index contributed by atoms with van der Waals surface area (Å²) in [5.74, 6) is 2.20. The summed E-state index contributed by atoms with van der Waals surface area (Å²) in [6.07, 6.45) is 13.8. The van der Waals surface area contributed by atoms with Gasteiger partial charge in [0.15, 0.2) is 0 Å². The fourth-order valence-corrected chi connectivity index (χ4v) is 4.91. The van der Waals surface area contributed by atoms with E-state index in [1.165, 1.54) is 44.9 Å². The molecule has 2 nitrogen and oxygen atoms in total. The third kappa shape index (κ3) is 3.06. The summed E-state index contributed by atoms with van der Waals surface area (Å²) in [6, 6.07) is 13.7. The second-order valence-electron chi connectivity index (χ2n) is 9.23. The maximum atomic E-state index is 2.45. The third-order valence-corrected chi connectivity index (χ3v) is 6.48. The molecule has 0 unspecified atom stereocenters. The van der Waals surface area contributed by atoms with Gasteiger partial charge in [0.25, 0.3) is 5.82 Å². The van der Waals surface area contributed by atoms with Gasteiger partial charge in [-0.25, -0.2) is 4.57 Å². The number of nitrogens with zero attached hydrogens (tertiary/aromatic N) is 2. The van der Waals surface area contributed by atoms with Crippen LogP contribution in [0.15, 0.2) is 67.0 Å². The average molecular weight is 396 g/mol. The molecule has 0 spiro atoms. The first-order chi connectivity index (χ1) is 14.5. The molecule has 0 N–H and O–H groups in total. The Hall–Kier alpha value is -2.87. The Morgan fingerprint density at radius 3 is 2.33 bits per heavy atom. The van der Waals surface area contributed by atoms with Crippen LogP contribution in [0.25, 0.3) is 22.6 Å². The molecule has 0 fully saturated rings. The summed E-state index contributed by atoms with van der Waals surface area (Å²) >= 11 is 0. The van der Waals surface area contributed by atoms with E-state index in [0.717, 1.165) is 19.4 Å². The maximum Gasteiger partial charge on any atom is 0.294 e. The van der Waals surface area contributed by atoms with Gasteiger partial charge in [0.05, 0.1) is 5.56 Å². The van der Waals surface area contributed by atoms with Gasteiger partial charge < -0.3 is 0 Å². The van der Waals surface area contributed by atoms with Crippen LogP contribution in [-0.4, -0.2) is 4.57 Å². The standard InChI is InChI=1S/C28H31N2/c1-19(2)25-16-23(21-10-6-5-7-11-21)17-26(20(3)4)27(25)30-15-14-29-18-22-12-8-9-13-24(22)28(29)30/h6,8-17,19-20H,5,7,18H2,1-4H3/q+1. The van der Waals surface area contributed by atoms with Gasteiger partial charge in [-0.1, -0.05) is 64.1 Å². The van der Waals surface area contributed by atoms with Crippen molar-refractivity contribution < 1.29 is 4.57 Å². The van der Waals surface area contributed by atoms with Crippen LogP contribution < -0.4 is 4.57 Å². The van der Waals surface area contributed by atoms with Crippen molar-refractivity contribution in [3.05, 3.63) is 89.3 Å². The lowest BCUT2D eigenvalue weighted by Gasteiger charge is -2.20. The predicted octanol–water partition coefficient (Wildman–Crippen LogP) is 6.77. The highest BCUT2D eigenvalue weighted by Gasteiger charge is 2.32. The Kier molecular flexibility index (Phi) is 4.73. The number of fused-ring (bicyclic) bond motifs is 3. The lowest BCUT2D eigenvalue weighted by molar-refractivity contribution is -0.671. The van der Waals surface area contributed by atoms with Crippen LogP contribution in [0.4, 0.5) is 0 Å². The van der Waals surface area contributed by atoms with Gasteiger partial charge in [-0.3, -0.25) is 0 Å². The fourth-order valence-electron chi connectivity index (χ4n) is 4.91. The molecule has 0 amide bonds. The van der Waals surface area contributed by atoms with Gasteiger partial charge in [0.2, 0.25) is 0 Å². The monoisotopic (exact) mass is 395 g/mol. The average Bonchev–Trinajstić information content (AvgIpc) is 3.32. The zero-order chi connectivity index (χ0) is 20.8. The number of rotatable bonds is 4. The molecule has 2 aliphatic rings. The van der Waals surface area contributed by atoms with E-state index in [-0.39, 0.29) is 0 Å². The largest absolute Gasteiger partial charge is 0.294 e. The molecular formula is C28H31N2+. The number of aromatic nitrogens is 2. The minimum Gasteiger partial charge on any atom is -0.225 e. The Balaban J connectivity index is 1.76. The van der Waals surface area contributed by atoms with Crippen LogP contribution in [0.3, 0.4) is 0 Å². The molecule has 0 radical (unpaired) electrons. The maximum absolute atomic E-state index is 2.45.